The van der Waals surface area contributed by atoms with E-state index in [9.17, 15) is 4.79 Å². The summed E-state index contributed by atoms with van der Waals surface area (Å²) in [6, 6.07) is 8.16. The Hall–Kier alpha value is -1.90. The van der Waals surface area contributed by atoms with Gasteiger partial charge in [0.1, 0.15) is 0 Å². The van der Waals surface area contributed by atoms with Crippen LogP contribution in [-0.2, 0) is 6.42 Å². The number of ketones is 1. The third-order valence-corrected chi connectivity index (χ3v) is 3.00. The normalized spacial score (nSPS) is 14.2. The molecule has 0 amide bonds. The minimum Gasteiger partial charge on any atom is -0.294 e. The van der Waals surface area contributed by atoms with Gasteiger partial charge in [-0.1, -0.05) is 12.1 Å². The van der Waals surface area contributed by atoms with Crippen LogP contribution < -0.4 is 0 Å². The smallest absolute Gasteiger partial charge is 0.166 e. The Morgan fingerprint density at radius 1 is 1.31 bits per heavy atom. The van der Waals surface area contributed by atoms with E-state index in [0.717, 1.165) is 23.4 Å². The third-order valence-electron chi connectivity index (χ3n) is 3.00. The predicted octanol–water partition coefficient (Wildman–Crippen LogP) is 2.31. The van der Waals surface area contributed by atoms with Crippen LogP contribution >= 0.6 is 0 Å². The molecule has 0 atom stereocenters. The van der Waals surface area contributed by atoms with Crippen molar-refractivity contribution in [1.29, 1.82) is 0 Å². The van der Waals surface area contributed by atoms with Crippen LogP contribution in [0.4, 0.5) is 0 Å². The fraction of sp³-hybridized carbons (Fsp3) is 0.231. The van der Waals surface area contributed by atoms with Crippen LogP contribution in [0, 0.1) is 6.92 Å². The maximum absolute atomic E-state index is 11.5. The largest absolute Gasteiger partial charge is 0.294 e. The minimum atomic E-state index is 0.217. The van der Waals surface area contributed by atoms with Crippen LogP contribution in [0.1, 0.15) is 28.0 Å². The van der Waals surface area contributed by atoms with Crippen molar-refractivity contribution in [2.24, 2.45) is 0 Å². The number of rotatable bonds is 1. The number of fused-ring (bicyclic) bond motifs is 1. The second-order valence-corrected chi connectivity index (χ2v) is 4.18. The number of hydrogen-bond acceptors (Lipinski definition) is 2. The molecule has 1 aliphatic rings. The first-order valence-electron chi connectivity index (χ1n) is 5.43. The summed E-state index contributed by atoms with van der Waals surface area (Å²) in [4.78, 5) is 11.5. The number of aromatic nitrogens is 2. The third kappa shape index (κ3) is 1.28. The quantitative estimate of drug-likeness (QED) is 0.727. The number of benzene rings is 1. The van der Waals surface area contributed by atoms with E-state index < -0.39 is 0 Å². The zero-order valence-corrected chi connectivity index (χ0v) is 9.10. The molecule has 16 heavy (non-hydrogen) atoms. The molecular formula is C13H12N2O. The first kappa shape index (κ1) is 9.33. The molecule has 3 rings (SSSR count). The molecule has 1 heterocycles. The van der Waals surface area contributed by atoms with Crippen LogP contribution in [0.15, 0.2) is 30.5 Å². The Balaban J connectivity index is 2.15. The highest BCUT2D eigenvalue weighted by molar-refractivity contribution is 5.99. The standard InChI is InChI=1S/C13H12N2O/c1-9-3-2-4-10(7-9)15-12-5-6-13(16)11(12)8-14-15/h2-4,7-8H,5-6H2,1H3. The van der Waals surface area contributed by atoms with Gasteiger partial charge in [-0.15, -0.1) is 0 Å². The van der Waals surface area contributed by atoms with Crippen LogP contribution in [0.5, 0.6) is 0 Å². The molecule has 80 valence electrons. The molecule has 1 aromatic heterocycles. The van der Waals surface area contributed by atoms with Gasteiger partial charge in [0.2, 0.25) is 0 Å². The maximum atomic E-state index is 11.5. The SMILES string of the molecule is Cc1cccc(-n2ncc3c2CCC3=O)c1. The molecule has 1 aromatic carbocycles. The zero-order valence-electron chi connectivity index (χ0n) is 9.10. The summed E-state index contributed by atoms with van der Waals surface area (Å²) in [5.74, 6) is 0.217. The molecule has 0 saturated carbocycles. The molecule has 0 saturated heterocycles. The monoisotopic (exact) mass is 212 g/mol. The van der Waals surface area contributed by atoms with Crippen LogP contribution in [-0.4, -0.2) is 15.6 Å². The van der Waals surface area contributed by atoms with Crippen LogP contribution in [0.3, 0.4) is 0 Å². The van der Waals surface area contributed by atoms with Crippen LogP contribution in [0.2, 0.25) is 0 Å². The van der Waals surface area contributed by atoms with E-state index in [-0.39, 0.29) is 5.78 Å². The molecule has 0 spiro atoms. The van der Waals surface area contributed by atoms with Gasteiger partial charge >= 0.3 is 0 Å². The average molecular weight is 212 g/mol. The van der Waals surface area contributed by atoms with Gasteiger partial charge in [-0.3, -0.25) is 4.79 Å². The first-order valence-corrected chi connectivity index (χ1v) is 5.43. The Morgan fingerprint density at radius 3 is 3.00 bits per heavy atom. The number of aryl methyl sites for hydroxylation is 1. The number of carbonyl (C=O) groups excluding carboxylic acids is 1. The molecule has 0 bridgehead atoms. The maximum Gasteiger partial charge on any atom is 0.166 e. The van der Waals surface area contributed by atoms with Crippen molar-refractivity contribution < 1.29 is 4.79 Å². The Morgan fingerprint density at radius 2 is 2.19 bits per heavy atom. The highest BCUT2D eigenvalue weighted by Crippen LogP contribution is 2.24. The summed E-state index contributed by atoms with van der Waals surface area (Å²) in [5, 5.41) is 4.30. The van der Waals surface area contributed by atoms with Crippen LogP contribution in [0.25, 0.3) is 5.69 Å². The fourth-order valence-electron chi connectivity index (χ4n) is 2.20. The van der Waals surface area contributed by atoms with E-state index in [1.54, 1.807) is 6.20 Å². The van der Waals surface area contributed by atoms with Crippen molar-refractivity contribution >= 4 is 5.78 Å². The van der Waals surface area contributed by atoms with E-state index in [1.807, 2.05) is 16.8 Å². The number of Topliss-reactive ketones (excluding diaryl/α,β-unsaturated/α-hetero) is 1. The van der Waals surface area contributed by atoms with Gasteiger partial charge in [0.15, 0.2) is 5.78 Å². The fourth-order valence-corrected chi connectivity index (χ4v) is 2.20. The molecule has 1 aliphatic carbocycles. The highest BCUT2D eigenvalue weighted by Gasteiger charge is 2.24. The molecule has 3 heteroatoms. The molecule has 0 N–H and O–H groups in total. The van der Waals surface area contributed by atoms with E-state index in [0.29, 0.717) is 6.42 Å². The lowest BCUT2D eigenvalue weighted by Gasteiger charge is -2.05. The van der Waals surface area contributed by atoms with Gasteiger partial charge in [-0.05, 0) is 31.0 Å². The lowest BCUT2D eigenvalue weighted by Crippen LogP contribution is -2.00. The molecule has 0 fully saturated rings. The Bertz CT molecular complexity index is 569. The molecule has 0 aliphatic heterocycles. The first-order chi connectivity index (χ1) is 7.75. The summed E-state index contributed by atoms with van der Waals surface area (Å²) in [5.41, 5.74) is 4.08. The van der Waals surface area contributed by atoms with Gasteiger partial charge in [0.25, 0.3) is 0 Å². The topological polar surface area (TPSA) is 34.9 Å². The summed E-state index contributed by atoms with van der Waals surface area (Å²) >= 11 is 0. The number of nitrogens with zero attached hydrogens (tertiary/aromatic N) is 2. The van der Waals surface area contributed by atoms with Crippen molar-refractivity contribution in [3.8, 4) is 5.69 Å². The molecule has 0 radical (unpaired) electrons. The van der Waals surface area contributed by atoms with Crippen molar-refractivity contribution in [1.82, 2.24) is 9.78 Å². The number of hydrogen-bond donors (Lipinski definition) is 0. The van der Waals surface area contributed by atoms with Gasteiger partial charge in [-0.2, -0.15) is 5.10 Å². The Kier molecular flexibility index (Phi) is 1.93. The van der Waals surface area contributed by atoms with E-state index in [1.165, 1.54) is 5.56 Å². The lowest BCUT2D eigenvalue weighted by atomic mass is 10.2. The van der Waals surface area contributed by atoms with Gasteiger partial charge in [0, 0.05) is 6.42 Å². The van der Waals surface area contributed by atoms with E-state index in [2.05, 4.69) is 24.2 Å². The second-order valence-electron chi connectivity index (χ2n) is 4.18. The van der Waals surface area contributed by atoms with E-state index >= 15 is 0 Å². The van der Waals surface area contributed by atoms with Gasteiger partial charge in [0.05, 0.1) is 23.1 Å². The van der Waals surface area contributed by atoms with Crippen molar-refractivity contribution in [3.63, 3.8) is 0 Å². The summed E-state index contributed by atoms with van der Waals surface area (Å²) < 4.78 is 1.88. The minimum absolute atomic E-state index is 0.217. The Labute approximate surface area is 93.7 Å². The van der Waals surface area contributed by atoms with Gasteiger partial charge in [-0.25, -0.2) is 4.68 Å². The van der Waals surface area contributed by atoms with Gasteiger partial charge < -0.3 is 0 Å². The van der Waals surface area contributed by atoms with E-state index in [4.69, 9.17) is 0 Å². The predicted molar refractivity (Wildman–Crippen MR) is 61.0 cm³/mol. The molecule has 3 nitrogen and oxygen atoms in total. The summed E-state index contributed by atoms with van der Waals surface area (Å²) in [6.07, 6.45) is 3.12. The summed E-state index contributed by atoms with van der Waals surface area (Å²) in [7, 11) is 0. The van der Waals surface area contributed by atoms with Crippen molar-refractivity contribution in [2.45, 2.75) is 19.8 Å². The second kappa shape index (κ2) is 3.30. The van der Waals surface area contributed by atoms with Crippen molar-refractivity contribution in [3.05, 3.63) is 47.3 Å². The molecule has 0 unspecified atom stereocenters. The highest BCUT2D eigenvalue weighted by atomic mass is 16.1. The number of carbonyl (C=O) groups is 1. The summed E-state index contributed by atoms with van der Waals surface area (Å²) in [6.45, 7) is 2.05. The molecular weight excluding hydrogens is 200 g/mol. The molecule has 2 aromatic rings. The average Bonchev–Trinajstić information content (AvgIpc) is 2.82. The van der Waals surface area contributed by atoms with Crippen molar-refractivity contribution in [2.75, 3.05) is 0 Å². The zero-order chi connectivity index (χ0) is 11.1. The lowest BCUT2D eigenvalue weighted by molar-refractivity contribution is 0.0994.